The minimum atomic E-state index is -0.355. The molecule has 1 aromatic heterocycles. The fourth-order valence-corrected chi connectivity index (χ4v) is 4.65. The van der Waals surface area contributed by atoms with Gasteiger partial charge < -0.3 is 5.32 Å². The molecule has 1 fully saturated rings. The van der Waals surface area contributed by atoms with Gasteiger partial charge in [-0.1, -0.05) is 67.6 Å². The molecule has 5 nitrogen and oxygen atoms in total. The van der Waals surface area contributed by atoms with E-state index < -0.39 is 0 Å². The van der Waals surface area contributed by atoms with Gasteiger partial charge in [0.15, 0.2) is 5.16 Å². The molecule has 0 bridgehead atoms. The minimum Gasteiger partial charge on any atom is -0.348 e. The van der Waals surface area contributed by atoms with Crippen molar-refractivity contribution in [3.63, 3.8) is 0 Å². The van der Waals surface area contributed by atoms with Gasteiger partial charge in [0.1, 0.15) is 0 Å². The number of amides is 1. The van der Waals surface area contributed by atoms with Crippen LogP contribution in [-0.2, 0) is 4.79 Å². The first-order valence-corrected chi connectivity index (χ1v) is 11.5. The Hall–Kier alpha value is -2.60. The van der Waals surface area contributed by atoms with E-state index in [0.717, 1.165) is 31.2 Å². The zero-order chi connectivity index (χ0) is 21.1. The van der Waals surface area contributed by atoms with Crippen LogP contribution in [0.4, 0.5) is 0 Å². The maximum Gasteiger partial charge on any atom is 0.262 e. The second kappa shape index (κ2) is 9.04. The quantitative estimate of drug-likeness (QED) is 0.416. The second-order valence-electron chi connectivity index (χ2n) is 7.84. The molecule has 1 amide bonds. The predicted molar refractivity (Wildman–Crippen MR) is 122 cm³/mol. The summed E-state index contributed by atoms with van der Waals surface area (Å²) in [6.07, 6.45) is 3.84. The molecule has 30 heavy (non-hydrogen) atoms. The van der Waals surface area contributed by atoms with Crippen molar-refractivity contribution in [2.45, 2.75) is 62.0 Å². The van der Waals surface area contributed by atoms with Crippen molar-refractivity contribution >= 4 is 28.6 Å². The van der Waals surface area contributed by atoms with Gasteiger partial charge in [-0.3, -0.25) is 14.2 Å². The first kappa shape index (κ1) is 20.7. The fourth-order valence-electron chi connectivity index (χ4n) is 3.66. The first-order valence-electron chi connectivity index (χ1n) is 10.6. The molecule has 4 rings (SSSR count). The summed E-state index contributed by atoms with van der Waals surface area (Å²) in [6, 6.07) is 17.7. The van der Waals surface area contributed by atoms with E-state index >= 15 is 0 Å². The molecule has 3 aromatic rings. The molecular formula is C24H27N3O2S. The van der Waals surface area contributed by atoms with E-state index in [4.69, 9.17) is 4.98 Å². The number of para-hydroxylation sites is 1. The van der Waals surface area contributed by atoms with Gasteiger partial charge in [-0.25, -0.2) is 4.98 Å². The molecule has 2 aromatic carbocycles. The van der Waals surface area contributed by atoms with Crippen molar-refractivity contribution in [1.29, 1.82) is 0 Å². The highest BCUT2D eigenvalue weighted by atomic mass is 32.2. The van der Waals surface area contributed by atoms with Crippen LogP contribution in [0.3, 0.4) is 0 Å². The van der Waals surface area contributed by atoms with Crippen LogP contribution in [0.25, 0.3) is 10.9 Å². The summed E-state index contributed by atoms with van der Waals surface area (Å²) in [7, 11) is 0. The SMILES string of the molecule is CCC[C@H](NC(=O)[C@@H](C)Sc1nc2ccccc2c(=O)n1C1CC1)c1ccccc1. The van der Waals surface area contributed by atoms with Crippen LogP contribution in [0.15, 0.2) is 64.5 Å². The minimum absolute atomic E-state index is 0.00801. The number of thioether (sulfide) groups is 1. The lowest BCUT2D eigenvalue weighted by Gasteiger charge is -2.21. The molecule has 0 radical (unpaired) electrons. The molecule has 6 heteroatoms. The Bertz CT molecular complexity index is 1090. The highest BCUT2D eigenvalue weighted by molar-refractivity contribution is 8.00. The predicted octanol–water partition coefficient (Wildman–Crippen LogP) is 4.87. The average molecular weight is 422 g/mol. The van der Waals surface area contributed by atoms with E-state index in [9.17, 15) is 9.59 Å². The molecule has 2 atom stereocenters. The van der Waals surface area contributed by atoms with Crippen LogP contribution in [0.1, 0.15) is 57.2 Å². The Labute approximate surface area is 180 Å². The third-order valence-corrected chi connectivity index (χ3v) is 6.50. The topological polar surface area (TPSA) is 64.0 Å². The number of carbonyl (C=O) groups is 1. The van der Waals surface area contributed by atoms with Gasteiger partial charge in [0, 0.05) is 6.04 Å². The van der Waals surface area contributed by atoms with Crippen LogP contribution in [0, 0.1) is 0 Å². The summed E-state index contributed by atoms with van der Waals surface area (Å²) in [5.41, 5.74) is 1.79. The molecule has 0 unspecified atom stereocenters. The molecule has 0 saturated heterocycles. The molecule has 1 aliphatic carbocycles. The van der Waals surface area contributed by atoms with Crippen LogP contribution < -0.4 is 10.9 Å². The van der Waals surface area contributed by atoms with Gasteiger partial charge in [-0.05, 0) is 43.9 Å². The van der Waals surface area contributed by atoms with Gasteiger partial charge in [0.05, 0.1) is 22.2 Å². The fraction of sp³-hybridized carbons (Fsp3) is 0.375. The Morgan fingerprint density at radius 3 is 2.57 bits per heavy atom. The summed E-state index contributed by atoms with van der Waals surface area (Å²) < 4.78 is 1.79. The van der Waals surface area contributed by atoms with Crippen LogP contribution in [0.2, 0.25) is 0 Å². The van der Waals surface area contributed by atoms with Crippen molar-refractivity contribution in [2.24, 2.45) is 0 Å². The molecule has 0 aliphatic heterocycles. The smallest absolute Gasteiger partial charge is 0.262 e. The summed E-state index contributed by atoms with van der Waals surface area (Å²) in [5.74, 6) is -0.0351. The zero-order valence-electron chi connectivity index (χ0n) is 17.4. The van der Waals surface area contributed by atoms with Gasteiger partial charge in [0.2, 0.25) is 5.91 Å². The van der Waals surface area contributed by atoms with Crippen LogP contribution in [0.5, 0.6) is 0 Å². The monoisotopic (exact) mass is 421 g/mol. The van der Waals surface area contributed by atoms with Crippen molar-refractivity contribution in [3.05, 3.63) is 70.5 Å². The molecule has 1 heterocycles. The van der Waals surface area contributed by atoms with Gasteiger partial charge in [0.25, 0.3) is 5.56 Å². The number of benzene rings is 2. The van der Waals surface area contributed by atoms with E-state index in [1.807, 2.05) is 61.5 Å². The number of nitrogens with zero attached hydrogens (tertiary/aromatic N) is 2. The molecule has 1 N–H and O–H groups in total. The Balaban J connectivity index is 1.56. The summed E-state index contributed by atoms with van der Waals surface area (Å²) in [5, 5.41) is 4.11. The Kier molecular flexibility index (Phi) is 6.23. The highest BCUT2D eigenvalue weighted by Crippen LogP contribution is 2.37. The van der Waals surface area contributed by atoms with Crippen molar-refractivity contribution in [2.75, 3.05) is 0 Å². The number of hydrogen-bond donors (Lipinski definition) is 1. The molecule has 0 spiro atoms. The summed E-state index contributed by atoms with van der Waals surface area (Å²) >= 11 is 1.37. The summed E-state index contributed by atoms with van der Waals surface area (Å²) in [6.45, 7) is 4.00. The normalized spacial score (nSPS) is 15.7. The summed E-state index contributed by atoms with van der Waals surface area (Å²) in [4.78, 5) is 30.8. The number of nitrogens with one attached hydrogen (secondary N) is 1. The number of rotatable bonds is 8. The standard InChI is InChI=1S/C24H27N3O2S/c1-3-9-20(17-10-5-4-6-11-17)25-22(28)16(2)30-24-26-21-13-8-7-12-19(21)23(29)27(24)18-14-15-18/h4-8,10-13,16,18,20H,3,9,14-15H2,1-2H3,(H,25,28)/t16-,20+/m1/s1. The number of aromatic nitrogens is 2. The first-order chi connectivity index (χ1) is 14.6. The van der Waals surface area contributed by atoms with Crippen molar-refractivity contribution in [3.8, 4) is 0 Å². The zero-order valence-corrected chi connectivity index (χ0v) is 18.2. The molecule has 156 valence electrons. The molecular weight excluding hydrogens is 394 g/mol. The van der Waals surface area contributed by atoms with Crippen LogP contribution >= 0.6 is 11.8 Å². The number of hydrogen-bond acceptors (Lipinski definition) is 4. The van der Waals surface area contributed by atoms with E-state index in [-0.39, 0.29) is 28.8 Å². The number of fused-ring (bicyclic) bond motifs is 1. The average Bonchev–Trinajstić information content (AvgIpc) is 3.59. The van der Waals surface area contributed by atoms with Crippen molar-refractivity contribution in [1.82, 2.24) is 14.9 Å². The lowest BCUT2D eigenvalue weighted by atomic mass is 10.0. The number of carbonyl (C=O) groups excluding carboxylic acids is 1. The highest BCUT2D eigenvalue weighted by Gasteiger charge is 2.30. The third-order valence-electron chi connectivity index (χ3n) is 5.43. The largest absolute Gasteiger partial charge is 0.348 e. The van der Waals surface area contributed by atoms with Crippen LogP contribution in [-0.4, -0.2) is 20.7 Å². The van der Waals surface area contributed by atoms with E-state index in [2.05, 4.69) is 12.2 Å². The Morgan fingerprint density at radius 2 is 1.87 bits per heavy atom. The van der Waals surface area contributed by atoms with Gasteiger partial charge >= 0.3 is 0 Å². The maximum atomic E-state index is 13.0. The van der Waals surface area contributed by atoms with E-state index in [1.54, 1.807) is 4.57 Å². The van der Waals surface area contributed by atoms with E-state index in [1.165, 1.54) is 11.8 Å². The van der Waals surface area contributed by atoms with Crippen molar-refractivity contribution < 1.29 is 4.79 Å². The van der Waals surface area contributed by atoms with E-state index in [0.29, 0.717) is 16.1 Å². The third kappa shape index (κ3) is 4.43. The lowest BCUT2D eigenvalue weighted by Crippen LogP contribution is -2.35. The molecule has 1 saturated carbocycles. The molecule has 1 aliphatic rings. The second-order valence-corrected chi connectivity index (χ2v) is 9.15. The lowest BCUT2D eigenvalue weighted by molar-refractivity contribution is -0.121. The van der Waals surface area contributed by atoms with Gasteiger partial charge in [-0.2, -0.15) is 0 Å². The maximum absolute atomic E-state index is 13.0. The van der Waals surface area contributed by atoms with Gasteiger partial charge in [-0.15, -0.1) is 0 Å². The Morgan fingerprint density at radius 1 is 1.17 bits per heavy atom.